The monoisotopic (exact) mass is 451 g/mol. The third kappa shape index (κ3) is 3.57. The molecule has 1 saturated heterocycles. The van der Waals surface area contributed by atoms with Gasteiger partial charge in [0.1, 0.15) is 11.8 Å². The SMILES string of the molecule is O=C([O-])[N+]1(C2CCCOc3ccccc32)CCCC1c1nccn1Cc1ccc(Cl)cc1. The van der Waals surface area contributed by atoms with Crippen molar-refractivity contribution in [1.29, 1.82) is 0 Å². The molecule has 3 unspecified atom stereocenters. The van der Waals surface area contributed by atoms with E-state index in [1.807, 2.05) is 54.7 Å². The molecule has 3 heterocycles. The number of fused-ring (bicyclic) bond motifs is 1. The number of rotatable bonds is 4. The molecule has 2 aromatic carbocycles. The van der Waals surface area contributed by atoms with Crippen molar-refractivity contribution < 1.29 is 19.1 Å². The third-order valence-electron chi connectivity index (χ3n) is 6.93. The average Bonchev–Trinajstić information content (AvgIpc) is 3.37. The van der Waals surface area contributed by atoms with Gasteiger partial charge < -0.3 is 19.2 Å². The normalized spacial score (nSPS) is 25.0. The number of hydrogen-bond donors (Lipinski definition) is 0. The molecular formula is C25H26ClN3O3. The van der Waals surface area contributed by atoms with E-state index in [2.05, 4.69) is 9.55 Å². The van der Waals surface area contributed by atoms with Gasteiger partial charge in [0, 0.05) is 43.2 Å². The van der Waals surface area contributed by atoms with Crippen LogP contribution in [0.15, 0.2) is 60.9 Å². The van der Waals surface area contributed by atoms with Crippen LogP contribution in [0.5, 0.6) is 5.75 Å². The maximum absolute atomic E-state index is 12.9. The van der Waals surface area contributed by atoms with E-state index in [1.54, 1.807) is 6.20 Å². The summed E-state index contributed by atoms with van der Waals surface area (Å²) in [6.07, 6.45) is 5.76. The van der Waals surface area contributed by atoms with Gasteiger partial charge in [-0.2, -0.15) is 0 Å². The fraction of sp³-hybridized carbons (Fsp3) is 0.360. The molecule has 0 N–H and O–H groups in total. The maximum Gasteiger partial charge on any atom is 0.258 e. The molecule has 1 amide bonds. The number of carboxylic acid groups (broad SMARTS) is 1. The number of aromatic nitrogens is 2. The van der Waals surface area contributed by atoms with E-state index in [9.17, 15) is 9.90 Å². The molecule has 1 fully saturated rings. The maximum atomic E-state index is 12.9. The topological polar surface area (TPSA) is 67.2 Å². The summed E-state index contributed by atoms with van der Waals surface area (Å²) in [6.45, 7) is 1.73. The van der Waals surface area contributed by atoms with Gasteiger partial charge >= 0.3 is 0 Å². The lowest BCUT2D eigenvalue weighted by Gasteiger charge is -2.45. The number of imidazole rings is 1. The first-order valence-electron chi connectivity index (χ1n) is 11.2. The Bertz CT molecular complexity index is 1110. The molecule has 7 heteroatoms. The van der Waals surface area contributed by atoms with Crippen LogP contribution in [0.3, 0.4) is 0 Å². The molecule has 166 valence electrons. The van der Waals surface area contributed by atoms with Gasteiger partial charge in [0.05, 0.1) is 18.7 Å². The number of carbonyl (C=O) groups is 1. The number of quaternary nitrogens is 1. The first-order valence-corrected chi connectivity index (χ1v) is 11.5. The van der Waals surface area contributed by atoms with Crippen molar-refractivity contribution in [2.45, 2.75) is 44.3 Å². The summed E-state index contributed by atoms with van der Waals surface area (Å²) in [5, 5.41) is 13.6. The van der Waals surface area contributed by atoms with Gasteiger partial charge in [-0.05, 0) is 36.2 Å². The molecule has 2 aliphatic heterocycles. The molecule has 0 bridgehead atoms. The Balaban J connectivity index is 1.56. The zero-order valence-electron chi connectivity index (χ0n) is 17.8. The van der Waals surface area contributed by atoms with E-state index in [4.69, 9.17) is 16.3 Å². The molecule has 6 nitrogen and oxygen atoms in total. The number of nitrogens with zero attached hydrogens (tertiary/aromatic N) is 3. The van der Waals surface area contributed by atoms with Crippen LogP contribution in [-0.4, -0.2) is 33.3 Å². The van der Waals surface area contributed by atoms with Crippen LogP contribution < -0.4 is 9.84 Å². The number of carbonyl (C=O) groups excluding carboxylic acids is 1. The Hall–Kier alpha value is -2.83. The van der Waals surface area contributed by atoms with Crippen molar-refractivity contribution in [2.24, 2.45) is 0 Å². The molecular weight excluding hydrogens is 426 g/mol. The number of ether oxygens (including phenoxy) is 1. The van der Waals surface area contributed by atoms with Gasteiger partial charge in [-0.15, -0.1) is 0 Å². The number of halogens is 1. The molecule has 3 aromatic rings. The Labute approximate surface area is 192 Å². The third-order valence-corrected chi connectivity index (χ3v) is 7.18. The zero-order valence-corrected chi connectivity index (χ0v) is 18.6. The minimum atomic E-state index is -1.03. The minimum absolute atomic E-state index is 0.127. The molecule has 0 saturated carbocycles. The summed E-state index contributed by atoms with van der Waals surface area (Å²) in [6, 6.07) is 15.0. The van der Waals surface area contributed by atoms with Gasteiger partial charge in [-0.3, -0.25) is 4.48 Å². The molecule has 3 atom stereocenters. The lowest BCUT2D eigenvalue weighted by atomic mass is 9.96. The van der Waals surface area contributed by atoms with E-state index >= 15 is 0 Å². The predicted octanol–water partition coefficient (Wildman–Crippen LogP) is 4.49. The lowest BCUT2D eigenvalue weighted by molar-refractivity contribution is -0.923. The number of benzene rings is 2. The van der Waals surface area contributed by atoms with Crippen LogP contribution in [0.25, 0.3) is 0 Å². The van der Waals surface area contributed by atoms with Crippen molar-refractivity contribution in [3.05, 3.63) is 82.9 Å². The zero-order chi connectivity index (χ0) is 22.1. The predicted molar refractivity (Wildman–Crippen MR) is 119 cm³/mol. The van der Waals surface area contributed by atoms with E-state index in [1.165, 1.54) is 0 Å². The van der Waals surface area contributed by atoms with Crippen molar-refractivity contribution in [3.8, 4) is 5.75 Å². The highest BCUT2D eigenvalue weighted by atomic mass is 35.5. The van der Waals surface area contributed by atoms with Gasteiger partial charge in [0.2, 0.25) is 0 Å². The quantitative estimate of drug-likeness (QED) is 0.548. The lowest BCUT2D eigenvalue weighted by Crippen LogP contribution is -2.60. The Kier molecular flexibility index (Phi) is 5.66. The van der Waals surface area contributed by atoms with Crippen LogP contribution in [0.1, 0.15) is 54.7 Å². The highest BCUT2D eigenvalue weighted by Gasteiger charge is 2.53. The molecule has 0 aliphatic carbocycles. The summed E-state index contributed by atoms with van der Waals surface area (Å²) < 4.78 is 7.88. The molecule has 0 radical (unpaired) electrons. The second-order valence-corrected chi connectivity index (χ2v) is 9.10. The van der Waals surface area contributed by atoms with Crippen molar-refractivity contribution in [3.63, 3.8) is 0 Å². The van der Waals surface area contributed by atoms with Crippen LogP contribution in [-0.2, 0) is 6.54 Å². The first kappa shape index (κ1) is 21.0. The van der Waals surface area contributed by atoms with E-state index < -0.39 is 6.09 Å². The number of likely N-dealkylation sites (tertiary alicyclic amines) is 1. The van der Waals surface area contributed by atoms with E-state index in [-0.39, 0.29) is 16.6 Å². The smallest absolute Gasteiger partial charge is 0.258 e. The van der Waals surface area contributed by atoms with Crippen LogP contribution in [0, 0.1) is 0 Å². The van der Waals surface area contributed by atoms with Crippen LogP contribution in [0.4, 0.5) is 4.79 Å². The van der Waals surface area contributed by atoms with E-state index in [0.717, 1.165) is 48.4 Å². The Morgan fingerprint density at radius 3 is 2.72 bits per heavy atom. The number of hydrogen-bond acceptors (Lipinski definition) is 4. The number of para-hydroxylation sites is 1. The summed E-state index contributed by atoms with van der Waals surface area (Å²) in [5.41, 5.74) is 2.04. The van der Waals surface area contributed by atoms with Gasteiger partial charge in [0.15, 0.2) is 11.9 Å². The van der Waals surface area contributed by atoms with Crippen LogP contribution in [0.2, 0.25) is 5.02 Å². The van der Waals surface area contributed by atoms with Crippen molar-refractivity contribution in [2.75, 3.05) is 13.2 Å². The van der Waals surface area contributed by atoms with Gasteiger partial charge in [-0.1, -0.05) is 35.9 Å². The second-order valence-electron chi connectivity index (χ2n) is 8.66. The summed E-state index contributed by atoms with van der Waals surface area (Å²) >= 11 is 6.04. The summed E-state index contributed by atoms with van der Waals surface area (Å²) in [5.74, 6) is 1.58. The molecule has 32 heavy (non-hydrogen) atoms. The highest BCUT2D eigenvalue weighted by molar-refractivity contribution is 6.30. The molecule has 1 aromatic heterocycles. The fourth-order valence-corrected chi connectivity index (χ4v) is 5.63. The summed E-state index contributed by atoms with van der Waals surface area (Å²) in [7, 11) is 0. The van der Waals surface area contributed by atoms with Crippen molar-refractivity contribution >= 4 is 17.7 Å². The van der Waals surface area contributed by atoms with Crippen molar-refractivity contribution in [1.82, 2.24) is 9.55 Å². The standard InChI is InChI=1S/C25H26ClN3O3/c26-19-11-9-18(10-12-19)17-28-14-13-27-24(28)22-6-3-15-29(22,25(30)31)21-7-4-16-32-23-8-2-1-5-20(21)23/h1-2,5,8-14,21-22H,3-4,6-7,15-17H2. The average molecular weight is 452 g/mol. The molecule has 5 rings (SSSR count). The minimum Gasteiger partial charge on any atom is -0.498 e. The summed E-state index contributed by atoms with van der Waals surface area (Å²) in [4.78, 5) is 17.6. The number of amides is 1. The highest BCUT2D eigenvalue weighted by Crippen LogP contribution is 2.50. The first-order chi connectivity index (χ1) is 15.6. The Morgan fingerprint density at radius 2 is 1.91 bits per heavy atom. The Morgan fingerprint density at radius 1 is 1.12 bits per heavy atom. The largest absolute Gasteiger partial charge is 0.498 e. The molecule has 2 aliphatic rings. The van der Waals surface area contributed by atoms with Crippen LogP contribution >= 0.6 is 11.6 Å². The second kappa shape index (κ2) is 8.60. The fourth-order valence-electron chi connectivity index (χ4n) is 5.50. The van der Waals surface area contributed by atoms with E-state index in [0.29, 0.717) is 24.7 Å². The van der Waals surface area contributed by atoms with Gasteiger partial charge in [0.25, 0.3) is 6.09 Å². The molecule has 0 spiro atoms. The van der Waals surface area contributed by atoms with Gasteiger partial charge in [-0.25, -0.2) is 4.98 Å².